The highest BCUT2D eigenvalue weighted by atomic mass is 16.5. The molecular weight excluding hydrogens is 440 g/mol. The third kappa shape index (κ3) is 10.8. The van der Waals surface area contributed by atoms with Crippen molar-refractivity contribution < 1.29 is 19.9 Å². The Hall–Kier alpha value is -3.02. The average Bonchev–Trinajstić information content (AvgIpc) is 2.90. The average molecular weight is 483 g/mol. The predicted molar refractivity (Wildman–Crippen MR) is 143 cm³/mol. The first-order chi connectivity index (χ1) is 17.2. The summed E-state index contributed by atoms with van der Waals surface area (Å²) in [6.07, 6.45) is 11.2. The Bertz CT molecular complexity index is 803. The maximum atomic E-state index is 9.52. The van der Waals surface area contributed by atoms with Crippen LogP contribution in [0.25, 0.3) is 0 Å². The second-order valence-corrected chi connectivity index (χ2v) is 8.81. The number of oxime groups is 2. The van der Waals surface area contributed by atoms with Gasteiger partial charge < -0.3 is 19.9 Å². The van der Waals surface area contributed by atoms with Crippen molar-refractivity contribution in [3.8, 4) is 11.5 Å². The minimum Gasteiger partial charge on any atom is -0.494 e. The maximum Gasteiger partial charge on any atom is 0.119 e. The summed E-state index contributed by atoms with van der Waals surface area (Å²) in [6.45, 7) is 5.83. The van der Waals surface area contributed by atoms with Crippen LogP contribution in [0.2, 0.25) is 0 Å². The number of rotatable bonds is 18. The summed E-state index contributed by atoms with van der Waals surface area (Å²) in [5.41, 5.74) is 2.91. The van der Waals surface area contributed by atoms with E-state index in [0.717, 1.165) is 48.7 Å². The van der Waals surface area contributed by atoms with Crippen LogP contribution in [0.1, 0.15) is 95.6 Å². The monoisotopic (exact) mass is 482 g/mol. The standard InChI is InChI=1S/C29H42N2O4/c1-3-5-7-9-22-34-26-18-14-24(15-19-26)28(30-32)12-11-13-29(31-33)25-16-20-27(21-17-25)35-23-10-8-6-4-2/h14-21,32-33H,3-13,22-23H2,1-2H3/b30-28+,31-29+. The molecule has 0 heterocycles. The second-order valence-electron chi connectivity index (χ2n) is 8.81. The van der Waals surface area contributed by atoms with E-state index in [0.29, 0.717) is 30.7 Å². The number of hydrogen-bond donors (Lipinski definition) is 2. The molecule has 0 aliphatic heterocycles. The molecule has 35 heavy (non-hydrogen) atoms. The van der Waals surface area contributed by atoms with Gasteiger partial charge >= 0.3 is 0 Å². The second kappa shape index (κ2) is 17.4. The lowest BCUT2D eigenvalue weighted by Crippen LogP contribution is -2.06. The molecule has 2 rings (SSSR count). The zero-order valence-corrected chi connectivity index (χ0v) is 21.4. The van der Waals surface area contributed by atoms with Gasteiger partial charge in [-0.3, -0.25) is 0 Å². The fourth-order valence-corrected chi connectivity index (χ4v) is 3.85. The van der Waals surface area contributed by atoms with Gasteiger partial charge in [-0.1, -0.05) is 62.7 Å². The molecule has 0 bridgehead atoms. The van der Waals surface area contributed by atoms with Crippen molar-refractivity contribution in [2.45, 2.75) is 84.5 Å². The number of unbranched alkanes of at least 4 members (excludes halogenated alkanes) is 6. The fourth-order valence-electron chi connectivity index (χ4n) is 3.85. The SMILES string of the molecule is CCCCCCOc1ccc(/C(CCC/C(=N\O)c2ccc(OCCCCCC)cc2)=N/O)cc1. The lowest BCUT2D eigenvalue weighted by atomic mass is 10.0. The van der Waals surface area contributed by atoms with Crippen LogP contribution in [0.4, 0.5) is 0 Å². The maximum absolute atomic E-state index is 9.52. The van der Waals surface area contributed by atoms with Crippen molar-refractivity contribution in [1.82, 2.24) is 0 Å². The van der Waals surface area contributed by atoms with Crippen LogP contribution in [0, 0.1) is 0 Å². The van der Waals surface area contributed by atoms with Gasteiger partial charge in [0.15, 0.2) is 0 Å². The van der Waals surface area contributed by atoms with E-state index < -0.39 is 0 Å². The molecule has 0 unspecified atom stereocenters. The van der Waals surface area contributed by atoms with Gasteiger partial charge in [0.25, 0.3) is 0 Å². The van der Waals surface area contributed by atoms with E-state index in [-0.39, 0.29) is 0 Å². The summed E-state index contributed by atoms with van der Waals surface area (Å²) in [5.74, 6) is 1.65. The molecule has 0 aliphatic carbocycles. The summed E-state index contributed by atoms with van der Waals surface area (Å²) >= 11 is 0. The zero-order valence-electron chi connectivity index (χ0n) is 21.4. The molecule has 0 aliphatic rings. The molecule has 192 valence electrons. The molecule has 2 N–H and O–H groups in total. The van der Waals surface area contributed by atoms with Crippen LogP contribution < -0.4 is 9.47 Å². The van der Waals surface area contributed by atoms with Crippen molar-refractivity contribution in [1.29, 1.82) is 0 Å². The van der Waals surface area contributed by atoms with Crippen molar-refractivity contribution in [2.75, 3.05) is 13.2 Å². The van der Waals surface area contributed by atoms with Crippen molar-refractivity contribution >= 4 is 11.4 Å². The van der Waals surface area contributed by atoms with Crippen molar-refractivity contribution in [3.05, 3.63) is 59.7 Å². The number of ether oxygens (including phenoxy) is 2. The van der Waals surface area contributed by atoms with Crippen LogP contribution >= 0.6 is 0 Å². The third-order valence-corrected chi connectivity index (χ3v) is 5.98. The van der Waals surface area contributed by atoms with Gasteiger partial charge in [0.05, 0.1) is 24.6 Å². The van der Waals surface area contributed by atoms with E-state index >= 15 is 0 Å². The van der Waals surface area contributed by atoms with Gasteiger partial charge in [-0.25, -0.2) is 0 Å². The lowest BCUT2D eigenvalue weighted by molar-refractivity contribution is 0.305. The van der Waals surface area contributed by atoms with E-state index in [9.17, 15) is 10.4 Å². The summed E-state index contributed by atoms with van der Waals surface area (Å²) in [6, 6.07) is 15.3. The van der Waals surface area contributed by atoms with Crippen LogP contribution in [0.15, 0.2) is 58.8 Å². The van der Waals surface area contributed by atoms with Crippen molar-refractivity contribution in [2.24, 2.45) is 10.3 Å². The van der Waals surface area contributed by atoms with E-state index in [1.165, 1.54) is 38.5 Å². The first kappa shape index (κ1) is 28.2. The first-order valence-electron chi connectivity index (χ1n) is 13.1. The normalized spacial score (nSPS) is 12.1. The molecule has 6 nitrogen and oxygen atoms in total. The summed E-state index contributed by atoms with van der Waals surface area (Å²) in [4.78, 5) is 0. The molecule has 0 spiro atoms. The van der Waals surface area contributed by atoms with Gasteiger partial charge in [-0.05, 0) is 91.8 Å². The van der Waals surface area contributed by atoms with E-state index in [2.05, 4.69) is 24.2 Å². The Morgan fingerprint density at radius 3 is 1.31 bits per heavy atom. The highest BCUT2D eigenvalue weighted by Crippen LogP contribution is 2.18. The van der Waals surface area contributed by atoms with Gasteiger partial charge in [0, 0.05) is 0 Å². The van der Waals surface area contributed by atoms with Gasteiger partial charge in [-0.15, -0.1) is 0 Å². The van der Waals surface area contributed by atoms with Gasteiger partial charge in [-0.2, -0.15) is 0 Å². The minimum atomic E-state index is 0.561. The minimum absolute atomic E-state index is 0.561. The molecule has 2 aromatic rings. The van der Waals surface area contributed by atoms with Gasteiger partial charge in [0.2, 0.25) is 0 Å². The largest absolute Gasteiger partial charge is 0.494 e. The lowest BCUT2D eigenvalue weighted by Gasteiger charge is -2.10. The molecule has 0 saturated carbocycles. The fraction of sp³-hybridized carbons (Fsp3) is 0.517. The van der Waals surface area contributed by atoms with Gasteiger partial charge in [0.1, 0.15) is 11.5 Å². The van der Waals surface area contributed by atoms with Crippen LogP contribution in [0.3, 0.4) is 0 Å². The van der Waals surface area contributed by atoms with Crippen LogP contribution in [0.5, 0.6) is 11.5 Å². The van der Waals surface area contributed by atoms with E-state index in [1.54, 1.807) is 0 Å². The van der Waals surface area contributed by atoms with Crippen LogP contribution in [-0.4, -0.2) is 35.1 Å². The Morgan fingerprint density at radius 1 is 0.571 bits per heavy atom. The Kier molecular flexibility index (Phi) is 14.0. The number of nitrogens with zero attached hydrogens (tertiary/aromatic N) is 2. The summed E-state index contributed by atoms with van der Waals surface area (Å²) < 4.78 is 11.6. The summed E-state index contributed by atoms with van der Waals surface area (Å²) in [7, 11) is 0. The highest BCUT2D eigenvalue weighted by molar-refractivity contribution is 6.02. The zero-order chi connectivity index (χ0) is 25.1. The molecule has 0 aromatic heterocycles. The molecule has 2 aromatic carbocycles. The molecule has 0 saturated heterocycles. The first-order valence-corrected chi connectivity index (χ1v) is 13.1. The Morgan fingerprint density at radius 2 is 0.971 bits per heavy atom. The van der Waals surface area contributed by atoms with E-state index in [1.807, 2.05) is 48.5 Å². The topological polar surface area (TPSA) is 83.6 Å². The predicted octanol–water partition coefficient (Wildman–Crippen LogP) is 7.83. The van der Waals surface area contributed by atoms with E-state index in [4.69, 9.17) is 9.47 Å². The summed E-state index contributed by atoms with van der Waals surface area (Å²) in [5, 5.41) is 26.0. The Labute approximate surface area is 210 Å². The molecule has 0 radical (unpaired) electrons. The Balaban J connectivity index is 1.78. The molecule has 0 atom stereocenters. The van der Waals surface area contributed by atoms with Crippen LogP contribution in [-0.2, 0) is 0 Å². The third-order valence-electron chi connectivity index (χ3n) is 5.98. The molecule has 6 heteroatoms. The number of benzene rings is 2. The molecule has 0 amide bonds. The van der Waals surface area contributed by atoms with Crippen molar-refractivity contribution in [3.63, 3.8) is 0 Å². The quantitative estimate of drug-likeness (QED) is 0.0981. The highest BCUT2D eigenvalue weighted by Gasteiger charge is 2.09. The molecule has 0 fully saturated rings. The smallest absolute Gasteiger partial charge is 0.119 e. The number of hydrogen-bond acceptors (Lipinski definition) is 6. The molecular formula is C29H42N2O4.